The van der Waals surface area contributed by atoms with E-state index in [1.807, 2.05) is 0 Å². The third-order valence-electron chi connectivity index (χ3n) is 3.40. The molecule has 0 saturated carbocycles. The average Bonchev–Trinajstić information content (AvgIpc) is 2.61. The number of hydrogen-bond donors (Lipinski definition) is 1. The van der Waals surface area contributed by atoms with Crippen molar-refractivity contribution in [3.8, 4) is 11.5 Å². The predicted octanol–water partition coefficient (Wildman–Crippen LogP) is 3.54. The Morgan fingerprint density at radius 1 is 1.04 bits per heavy atom. The zero-order chi connectivity index (χ0) is 18.4. The summed E-state index contributed by atoms with van der Waals surface area (Å²) in [6.45, 7) is 1.48. The Hall–Kier alpha value is -2.73. The third kappa shape index (κ3) is 4.64. The van der Waals surface area contributed by atoms with Gasteiger partial charge in [0, 0.05) is 5.69 Å². The van der Waals surface area contributed by atoms with Crippen LogP contribution in [-0.4, -0.2) is 32.2 Å². The van der Waals surface area contributed by atoms with Crippen LogP contribution in [0.15, 0.2) is 42.5 Å². The number of carbonyl (C=O) groups is 2. The summed E-state index contributed by atoms with van der Waals surface area (Å²) in [6, 6.07) is 11.4. The number of anilines is 1. The van der Waals surface area contributed by atoms with Gasteiger partial charge in [-0.15, -0.1) is 0 Å². The summed E-state index contributed by atoms with van der Waals surface area (Å²) in [7, 11) is 2.95. The van der Waals surface area contributed by atoms with Crippen LogP contribution < -0.4 is 14.8 Å². The molecule has 0 aliphatic heterocycles. The molecule has 25 heavy (non-hydrogen) atoms. The molecular formula is C18H18ClNO5. The molecule has 1 atom stereocenters. The van der Waals surface area contributed by atoms with Gasteiger partial charge in [-0.05, 0) is 37.3 Å². The Morgan fingerprint density at radius 2 is 1.72 bits per heavy atom. The van der Waals surface area contributed by atoms with E-state index >= 15 is 0 Å². The van der Waals surface area contributed by atoms with Crippen LogP contribution in [0, 0.1) is 0 Å². The van der Waals surface area contributed by atoms with Crippen molar-refractivity contribution in [3.63, 3.8) is 0 Å². The van der Waals surface area contributed by atoms with E-state index in [1.165, 1.54) is 21.1 Å². The van der Waals surface area contributed by atoms with Crippen molar-refractivity contribution in [2.45, 2.75) is 13.0 Å². The van der Waals surface area contributed by atoms with Gasteiger partial charge in [-0.1, -0.05) is 23.7 Å². The van der Waals surface area contributed by atoms with Crippen molar-refractivity contribution >= 4 is 29.2 Å². The minimum Gasteiger partial charge on any atom is -0.496 e. The van der Waals surface area contributed by atoms with Gasteiger partial charge in [0.2, 0.25) is 0 Å². The molecule has 0 aromatic heterocycles. The smallest absolute Gasteiger partial charge is 0.342 e. The maximum atomic E-state index is 12.2. The highest BCUT2D eigenvalue weighted by Crippen LogP contribution is 2.27. The van der Waals surface area contributed by atoms with Gasteiger partial charge in [-0.3, -0.25) is 4.79 Å². The maximum Gasteiger partial charge on any atom is 0.342 e. The van der Waals surface area contributed by atoms with Crippen molar-refractivity contribution < 1.29 is 23.8 Å². The molecule has 1 N–H and O–H groups in total. The summed E-state index contributed by atoms with van der Waals surface area (Å²) >= 11 is 6.01. The van der Waals surface area contributed by atoms with E-state index in [0.717, 1.165) is 0 Å². The number of carbonyl (C=O) groups excluding carboxylic acids is 2. The lowest BCUT2D eigenvalue weighted by atomic mass is 10.2. The third-order valence-corrected chi connectivity index (χ3v) is 3.69. The monoisotopic (exact) mass is 363 g/mol. The van der Waals surface area contributed by atoms with E-state index < -0.39 is 18.0 Å². The fraction of sp³-hybridized carbons (Fsp3) is 0.222. The Morgan fingerprint density at radius 3 is 2.36 bits per heavy atom. The van der Waals surface area contributed by atoms with Crippen molar-refractivity contribution in [2.75, 3.05) is 19.5 Å². The van der Waals surface area contributed by atoms with Gasteiger partial charge in [0.1, 0.15) is 17.1 Å². The van der Waals surface area contributed by atoms with Gasteiger partial charge in [0.15, 0.2) is 6.10 Å². The Balaban J connectivity index is 2.02. The molecule has 6 nitrogen and oxygen atoms in total. The zero-order valence-electron chi connectivity index (χ0n) is 14.0. The topological polar surface area (TPSA) is 73.9 Å². The van der Waals surface area contributed by atoms with E-state index in [2.05, 4.69) is 5.32 Å². The molecule has 0 aliphatic rings. The van der Waals surface area contributed by atoms with E-state index in [-0.39, 0.29) is 5.56 Å². The summed E-state index contributed by atoms with van der Waals surface area (Å²) in [5.41, 5.74) is 0.716. The Labute approximate surface area is 150 Å². The fourth-order valence-electron chi connectivity index (χ4n) is 2.08. The van der Waals surface area contributed by atoms with Crippen molar-refractivity contribution in [1.29, 1.82) is 0 Å². The number of hydrogen-bond acceptors (Lipinski definition) is 5. The molecule has 2 aromatic rings. The maximum absolute atomic E-state index is 12.2. The number of nitrogens with one attached hydrogen (secondary N) is 1. The quantitative estimate of drug-likeness (QED) is 0.794. The van der Waals surface area contributed by atoms with Gasteiger partial charge in [-0.25, -0.2) is 4.79 Å². The van der Waals surface area contributed by atoms with Crippen LogP contribution >= 0.6 is 11.6 Å². The second kappa shape index (κ2) is 8.39. The summed E-state index contributed by atoms with van der Waals surface area (Å²) in [6.07, 6.45) is -1.00. The first-order chi connectivity index (χ1) is 12.0. The van der Waals surface area contributed by atoms with Crippen molar-refractivity contribution in [3.05, 3.63) is 53.1 Å². The lowest BCUT2D eigenvalue weighted by Gasteiger charge is -2.15. The number of esters is 1. The van der Waals surface area contributed by atoms with Crippen LogP contribution in [0.2, 0.25) is 5.02 Å². The predicted molar refractivity (Wildman–Crippen MR) is 94.5 cm³/mol. The van der Waals surface area contributed by atoms with Crippen LogP contribution in [0.25, 0.3) is 0 Å². The molecule has 2 aromatic carbocycles. The van der Waals surface area contributed by atoms with Gasteiger partial charge in [0.25, 0.3) is 5.91 Å². The Bertz CT molecular complexity index is 778. The molecule has 132 valence electrons. The molecule has 0 fully saturated rings. The summed E-state index contributed by atoms with van der Waals surface area (Å²) in [4.78, 5) is 24.4. The minimum absolute atomic E-state index is 0.247. The van der Waals surface area contributed by atoms with Gasteiger partial charge < -0.3 is 19.5 Å². The summed E-state index contributed by atoms with van der Waals surface area (Å²) in [5.74, 6) is -0.255. The summed E-state index contributed by atoms with van der Waals surface area (Å²) in [5, 5.41) is 2.99. The second-order valence-electron chi connectivity index (χ2n) is 5.09. The van der Waals surface area contributed by atoms with E-state index in [0.29, 0.717) is 22.2 Å². The van der Waals surface area contributed by atoms with Crippen LogP contribution in [0.4, 0.5) is 5.69 Å². The van der Waals surface area contributed by atoms with Gasteiger partial charge in [-0.2, -0.15) is 0 Å². The summed E-state index contributed by atoms with van der Waals surface area (Å²) < 4.78 is 15.4. The second-order valence-corrected chi connectivity index (χ2v) is 5.49. The number of benzene rings is 2. The molecule has 2 rings (SSSR count). The van der Waals surface area contributed by atoms with E-state index in [1.54, 1.807) is 42.5 Å². The standard InChI is InChI=1S/C18H18ClNO5/c1-11(25-18(22)13-6-4-5-7-15(13)23-2)17(21)20-12-8-9-16(24-3)14(19)10-12/h4-11H,1-3H3,(H,20,21). The molecule has 0 bridgehead atoms. The van der Waals surface area contributed by atoms with Crippen LogP contribution in [0.3, 0.4) is 0 Å². The van der Waals surface area contributed by atoms with Crippen LogP contribution in [-0.2, 0) is 9.53 Å². The van der Waals surface area contributed by atoms with E-state index in [9.17, 15) is 9.59 Å². The first-order valence-electron chi connectivity index (χ1n) is 7.44. The lowest BCUT2D eigenvalue weighted by molar-refractivity contribution is -0.123. The highest BCUT2D eigenvalue weighted by atomic mass is 35.5. The van der Waals surface area contributed by atoms with Crippen molar-refractivity contribution in [1.82, 2.24) is 0 Å². The minimum atomic E-state index is -1.00. The number of para-hydroxylation sites is 1. The fourth-order valence-corrected chi connectivity index (χ4v) is 2.34. The lowest BCUT2D eigenvalue weighted by Crippen LogP contribution is -2.30. The number of halogens is 1. The highest BCUT2D eigenvalue weighted by Gasteiger charge is 2.21. The molecule has 0 aliphatic carbocycles. The molecule has 0 spiro atoms. The largest absolute Gasteiger partial charge is 0.496 e. The van der Waals surface area contributed by atoms with Gasteiger partial charge in [0.05, 0.1) is 19.2 Å². The average molecular weight is 364 g/mol. The molecule has 0 radical (unpaired) electrons. The molecule has 1 amide bonds. The van der Waals surface area contributed by atoms with E-state index in [4.69, 9.17) is 25.8 Å². The molecule has 7 heteroatoms. The number of methoxy groups -OCH3 is 2. The van der Waals surface area contributed by atoms with Crippen LogP contribution in [0.5, 0.6) is 11.5 Å². The number of rotatable bonds is 6. The molecular weight excluding hydrogens is 346 g/mol. The Kier molecular flexibility index (Phi) is 6.25. The van der Waals surface area contributed by atoms with Gasteiger partial charge >= 0.3 is 5.97 Å². The zero-order valence-corrected chi connectivity index (χ0v) is 14.8. The normalized spacial score (nSPS) is 11.4. The highest BCUT2D eigenvalue weighted by molar-refractivity contribution is 6.32. The number of ether oxygens (including phenoxy) is 3. The first kappa shape index (κ1) is 18.6. The molecule has 0 saturated heterocycles. The first-order valence-corrected chi connectivity index (χ1v) is 7.82. The molecule has 1 unspecified atom stereocenters. The number of amides is 1. The van der Waals surface area contributed by atoms with Crippen LogP contribution in [0.1, 0.15) is 17.3 Å². The SMILES string of the molecule is COc1ccc(NC(=O)C(C)OC(=O)c2ccccc2OC)cc1Cl. The van der Waals surface area contributed by atoms with Crippen molar-refractivity contribution in [2.24, 2.45) is 0 Å². The molecule has 0 heterocycles.